The number of amides is 1. The molecule has 1 N–H and O–H groups in total. The average molecular weight is 544 g/mol. The Labute approximate surface area is 231 Å². The minimum Gasteiger partial charge on any atom is -0.460 e. The first-order valence-corrected chi connectivity index (χ1v) is 14.1. The highest BCUT2D eigenvalue weighted by atomic mass is 16.6. The Hall–Kier alpha value is -3.76. The summed E-state index contributed by atoms with van der Waals surface area (Å²) < 4.78 is 13.1. The van der Waals surface area contributed by atoms with Crippen LogP contribution in [0.3, 0.4) is 0 Å². The van der Waals surface area contributed by atoms with Gasteiger partial charge in [0.1, 0.15) is 12.4 Å². The maximum Gasteiger partial charge on any atom is 0.415 e. The quantitative estimate of drug-likeness (QED) is 0.392. The molecule has 2 saturated heterocycles. The Bertz CT molecular complexity index is 1610. The fourth-order valence-corrected chi connectivity index (χ4v) is 6.91. The molecular weight excluding hydrogens is 510 g/mol. The van der Waals surface area contributed by atoms with Crippen molar-refractivity contribution in [3.05, 3.63) is 56.9 Å². The lowest BCUT2D eigenvalue weighted by molar-refractivity contribution is -0.148. The maximum absolute atomic E-state index is 13.5. The van der Waals surface area contributed by atoms with Crippen LogP contribution in [0.2, 0.25) is 0 Å². The second-order valence-electron chi connectivity index (χ2n) is 11.6. The third kappa shape index (κ3) is 3.84. The van der Waals surface area contributed by atoms with Crippen LogP contribution in [-0.2, 0) is 29.2 Å². The largest absolute Gasteiger partial charge is 0.460 e. The highest BCUT2D eigenvalue weighted by Gasteiger charge is 2.41. The first-order chi connectivity index (χ1) is 19.3. The third-order valence-corrected chi connectivity index (χ3v) is 8.84. The molecule has 0 aliphatic carbocycles. The number of fused-ring (bicyclic) bond motifs is 7. The van der Waals surface area contributed by atoms with Crippen LogP contribution in [0.1, 0.15) is 54.4 Å². The summed E-state index contributed by atoms with van der Waals surface area (Å²) in [6.07, 6.45) is 2.26. The first-order valence-electron chi connectivity index (χ1n) is 14.1. The summed E-state index contributed by atoms with van der Waals surface area (Å²) >= 11 is 0. The minimum atomic E-state index is -0.443. The van der Waals surface area contributed by atoms with E-state index in [-0.39, 0.29) is 36.3 Å². The molecule has 7 rings (SSSR count). The molecule has 10 heteroatoms. The van der Waals surface area contributed by atoms with E-state index < -0.39 is 5.92 Å². The number of ether oxygens (including phenoxy) is 2. The number of pyridine rings is 2. The van der Waals surface area contributed by atoms with Crippen LogP contribution < -0.4 is 15.6 Å². The van der Waals surface area contributed by atoms with Crippen LogP contribution in [0.5, 0.6) is 5.75 Å². The lowest BCUT2D eigenvalue weighted by atomic mass is 9.90. The Balaban J connectivity index is 1.30. The van der Waals surface area contributed by atoms with Gasteiger partial charge in [-0.05, 0) is 63.2 Å². The fraction of sp³-hybridized carbons (Fsp3) is 0.467. The molecule has 2 fully saturated rings. The van der Waals surface area contributed by atoms with Crippen LogP contribution in [0.15, 0.2) is 29.1 Å². The molecule has 0 spiro atoms. The smallest absolute Gasteiger partial charge is 0.415 e. The summed E-state index contributed by atoms with van der Waals surface area (Å²) in [6.45, 7) is 4.48. The van der Waals surface area contributed by atoms with Gasteiger partial charge in [0.15, 0.2) is 0 Å². The lowest BCUT2D eigenvalue weighted by Gasteiger charge is -2.34. The Morgan fingerprint density at radius 1 is 1.18 bits per heavy atom. The van der Waals surface area contributed by atoms with E-state index >= 15 is 0 Å². The molecule has 3 atom stereocenters. The van der Waals surface area contributed by atoms with E-state index in [0.29, 0.717) is 30.8 Å². The normalized spacial score (nSPS) is 22.8. The number of carbonyl (C=O) groups excluding carboxylic acids is 2. The van der Waals surface area contributed by atoms with Gasteiger partial charge in [-0.2, -0.15) is 0 Å². The number of hydrogen-bond acceptors (Lipinski definition) is 8. The molecule has 0 saturated carbocycles. The van der Waals surface area contributed by atoms with Gasteiger partial charge in [-0.25, -0.2) is 9.78 Å². The molecule has 2 bridgehead atoms. The van der Waals surface area contributed by atoms with Crippen molar-refractivity contribution in [3.63, 3.8) is 0 Å². The SMILES string of the molecule is CCC1C(=O)OCc2c1cc1n(c2=O)Cc2cc3c(CN(C)C)c(OC(=O)N4C5CCC4CNC5)ccc3nc2-1. The first kappa shape index (κ1) is 25.2. The molecule has 0 radical (unpaired) electrons. The number of rotatable bonds is 4. The summed E-state index contributed by atoms with van der Waals surface area (Å²) in [7, 11) is 3.96. The molecular formula is C30H33N5O5. The van der Waals surface area contributed by atoms with Gasteiger partial charge >= 0.3 is 12.1 Å². The molecule has 3 aromatic rings. The second kappa shape index (κ2) is 9.42. The van der Waals surface area contributed by atoms with Crippen LogP contribution in [0.25, 0.3) is 22.3 Å². The zero-order chi connectivity index (χ0) is 27.7. The van der Waals surface area contributed by atoms with E-state index in [0.717, 1.165) is 64.9 Å². The van der Waals surface area contributed by atoms with E-state index in [2.05, 4.69) is 11.4 Å². The third-order valence-electron chi connectivity index (χ3n) is 8.84. The van der Waals surface area contributed by atoms with Crippen molar-refractivity contribution in [2.75, 3.05) is 27.2 Å². The summed E-state index contributed by atoms with van der Waals surface area (Å²) in [5.41, 5.74) is 5.24. The summed E-state index contributed by atoms with van der Waals surface area (Å²) in [6, 6.07) is 8.09. The van der Waals surface area contributed by atoms with Gasteiger partial charge in [0.2, 0.25) is 0 Å². The van der Waals surface area contributed by atoms with Gasteiger partial charge in [-0.15, -0.1) is 0 Å². The van der Waals surface area contributed by atoms with Gasteiger partial charge in [0, 0.05) is 48.2 Å². The van der Waals surface area contributed by atoms with Crippen molar-refractivity contribution < 1.29 is 19.1 Å². The second-order valence-corrected chi connectivity index (χ2v) is 11.6. The van der Waals surface area contributed by atoms with Crippen molar-refractivity contribution in [1.29, 1.82) is 0 Å². The lowest BCUT2D eigenvalue weighted by Crippen LogP contribution is -2.55. The van der Waals surface area contributed by atoms with Gasteiger partial charge in [0.25, 0.3) is 5.56 Å². The zero-order valence-electron chi connectivity index (χ0n) is 23.0. The maximum atomic E-state index is 13.5. The number of hydrogen-bond donors (Lipinski definition) is 1. The number of piperazine rings is 1. The van der Waals surface area contributed by atoms with E-state index in [1.54, 1.807) is 4.57 Å². The highest BCUT2D eigenvalue weighted by Crippen LogP contribution is 2.39. The van der Waals surface area contributed by atoms with Crippen molar-refractivity contribution in [3.8, 4) is 17.1 Å². The molecule has 1 aromatic carbocycles. The van der Waals surface area contributed by atoms with Crippen molar-refractivity contribution >= 4 is 23.0 Å². The number of nitrogens with one attached hydrogen (secondary N) is 1. The molecule has 6 heterocycles. The molecule has 2 aromatic heterocycles. The number of nitrogens with zero attached hydrogens (tertiary/aromatic N) is 4. The topological polar surface area (TPSA) is 106 Å². The standard InChI is InChI=1S/C30H33N5O5/c1-4-19-20-10-25-27-16(13-34(25)28(36)23(20)15-39-29(19)37)9-21-22(14-33(2)3)26(8-7-24(21)32-27)40-30(38)35-17-5-6-18(35)12-31-11-17/h7-10,17-19,31H,4-6,11-15H2,1-3H3. The van der Waals surface area contributed by atoms with Gasteiger partial charge < -0.3 is 24.3 Å². The van der Waals surface area contributed by atoms with E-state index in [1.165, 1.54) is 0 Å². The van der Waals surface area contributed by atoms with E-state index in [1.807, 2.05) is 49.0 Å². The predicted octanol–water partition coefficient (Wildman–Crippen LogP) is 2.97. The van der Waals surface area contributed by atoms with Crippen molar-refractivity contribution in [2.24, 2.45) is 0 Å². The molecule has 4 aliphatic rings. The number of cyclic esters (lactones) is 1. The molecule has 10 nitrogen and oxygen atoms in total. The van der Waals surface area contributed by atoms with Crippen LogP contribution >= 0.6 is 0 Å². The van der Waals surface area contributed by atoms with Gasteiger partial charge in [0.05, 0.1) is 34.9 Å². The van der Waals surface area contributed by atoms with Gasteiger partial charge in [-0.3, -0.25) is 14.5 Å². The summed E-state index contributed by atoms with van der Waals surface area (Å²) in [5.74, 6) is -0.189. The average Bonchev–Trinajstić information content (AvgIpc) is 3.41. The van der Waals surface area contributed by atoms with Crippen LogP contribution in [0, 0.1) is 0 Å². The Morgan fingerprint density at radius 3 is 2.67 bits per heavy atom. The molecule has 1 amide bonds. The van der Waals surface area contributed by atoms with E-state index in [9.17, 15) is 14.4 Å². The number of esters is 1. The Kier molecular flexibility index (Phi) is 5.94. The molecule has 3 unspecified atom stereocenters. The summed E-state index contributed by atoms with van der Waals surface area (Å²) in [4.78, 5) is 48.2. The molecule has 208 valence electrons. The molecule has 40 heavy (non-hydrogen) atoms. The fourth-order valence-electron chi connectivity index (χ4n) is 6.91. The monoisotopic (exact) mass is 543 g/mol. The van der Waals surface area contributed by atoms with Gasteiger partial charge in [-0.1, -0.05) is 6.92 Å². The summed E-state index contributed by atoms with van der Waals surface area (Å²) in [5, 5.41) is 4.31. The van der Waals surface area contributed by atoms with Crippen molar-refractivity contribution in [1.82, 2.24) is 24.7 Å². The highest BCUT2D eigenvalue weighted by molar-refractivity contribution is 5.90. The Morgan fingerprint density at radius 2 is 1.95 bits per heavy atom. The number of aromatic nitrogens is 2. The van der Waals surface area contributed by atoms with E-state index in [4.69, 9.17) is 14.5 Å². The van der Waals surface area contributed by atoms with Crippen LogP contribution in [-0.4, -0.2) is 70.7 Å². The number of carbonyl (C=O) groups is 2. The number of benzene rings is 1. The minimum absolute atomic E-state index is 0.00599. The predicted molar refractivity (Wildman–Crippen MR) is 148 cm³/mol. The zero-order valence-corrected chi connectivity index (χ0v) is 23.0. The van der Waals surface area contributed by atoms with Crippen LogP contribution in [0.4, 0.5) is 4.79 Å². The molecule has 4 aliphatic heterocycles. The van der Waals surface area contributed by atoms with Crippen molar-refractivity contribution in [2.45, 2.75) is 63.9 Å².